The number of halogens is 1. The van der Waals surface area contributed by atoms with Gasteiger partial charge in [-0.1, -0.05) is 28.1 Å². The number of thiocarbonyl (C=S) groups is 1. The van der Waals surface area contributed by atoms with Crippen molar-refractivity contribution in [3.63, 3.8) is 0 Å². The molecule has 0 aromatic heterocycles. The van der Waals surface area contributed by atoms with Crippen molar-refractivity contribution in [2.24, 2.45) is 0 Å². The van der Waals surface area contributed by atoms with Crippen LogP contribution in [0.4, 0.5) is 5.69 Å². The number of para-hydroxylation sites is 1. The van der Waals surface area contributed by atoms with E-state index in [0.29, 0.717) is 28.0 Å². The Morgan fingerprint density at radius 1 is 1.12 bits per heavy atom. The number of carbonyl (C=O) groups excluding carboxylic acids is 1. The van der Waals surface area contributed by atoms with Crippen LogP contribution in [0.1, 0.15) is 5.56 Å². The van der Waals surface area contributed by atoms with Crippen LogP contribution >= 0.6 is 28.1 Å². The van der Waals surface area contributed by atoms with Crippen LogP contribution in [-0.2, 0) is 4.79 Å². The van der Waals surface area contributed by atoms with Crippen molar-refractivity contribution in [2.75, 3.05) is 19.1 Å². The van der Waals surface area contributed by atoms with Gasteiger partial charge in [-0.25, -0.2) is 0 Å². The fourth-order valence-electron chi connectivity index (χ4n) is 2.54. The maximum Gasteiger partial charge on any atom is 0.281 e. The van der Waals surface area contributed by atoms with Crippen LogP contribution in [0, 0.1) is 0 Å². The average molecular weight is 419 g/mol. The SMILES string of the molecule is COc1cccc(/C=C2\NC(=S)N(c3ccc(Br)cc3)C2=O)c1OC. The van der Waals surface area contributed by atoms with E-state index in [4.69, 9.17) is 21.7 Å². The lowest BCUT2D eigenvalue weighted by Crippen LogP contribution is -2.30. The predicted molar refractivity (Wildman–Crippen MR) is 105 cm³/mol. The van der Waals surface area contributed by atoms with Crippen molar-refractivity contribution < 1.29 is 14.3 Å². The molecule has 2 aromatic rings. The molecule has 1 amide bonds. The second kappa shape index (κ2) is 7.25. The number of hydrogen-bond donors (Lipinski definition) is 1. The highest BCUT2D eigenvalue weighted by Crippen LogP contribution is 2.33. The monoisotopic (exact) mass is 418 g/mol. The van der Waals surface area contributed by atoms with E-state index in [2.05, 4.69) is 21.2 Å². The van der Waals surface area contributed by atoms with E-state index < -0.39 is 0 Å². The third-order valence-corrected chi connectivity index (χ3v) is 4.51. The second-order valence-electron chi connectivity index (χ2n) is 5.19. The Morgan fingerprint density at radius 3 is 2.48 bits per heavy atom. The summed E-state index contributed by atoms with van der Waals surface area (Å²) in [4.78, 5) is 14.2. The van der Waals surface area contributed by atoms with Crippen molar-refractivity contribution in [3.05, 3.63) is 58.2 Å². The van der Waals surface area contributed by atoms with Gasteiger partial charge in [-0.3, -0.25) is 9.69 Å². The first-order valence-electron chi connectivity index (χ1n) is 7.39. The summed E-state index contributed by atoms with van der Waals surface area (Å²) in [5.74, 6) is 0.923. The van der Waals surface area contributed by atoms with Crippen LogP contribution in [0.3, 0.4) is 0 Å². The summed E-state index contributed by atoms with van der Waals surface area (Å²) in [5.41, 5.74) is 1.80. The minimum atomic E-state index is -0.225. The number of carbonyl (C=O) groups is 1. The Balaban J connectivity index is 1.97. The van der Waals surface area contributed by atoms with Crippen molar-refractivity contribution in [2.45, 2.75) is 0 Å². The normalized spacial score (nSPS) is 15.5. The molecule has 25 heavy (non-hydrogen) atoms. The summed E-state index contributed by atoms with van der Waals surface area (Å²) in [6.45, 7) is 0. The lowest BCUT2D eigenvalue weighted by Gasteiger charge is -2.13. The molecule has 0 atom stereocenters. The largest absolute Gasteiger partial charge is 0.493 e. The first-order chi connectivity index (χ1) is 12.0. The number of nitrogens with zero attached hydrogens (tertiary/aromatic N) is 1. The smallest absolute Gasteiger partial charge is 0.281 e. The van der Waals surface area contributed by atoms with Crippen LogP contribution in [0.25, 0.3) is 6.08 Å². The maximum atomic E-state index is 12.8. The minimum Gasteiger partial charge on any atom is -0.493 e. The van der Waals surface area contributed by atoms with Crippen molar-refractivity contribution >= 4 is 50.9 Å². The Morgan fingerprint density at radius 2 is 1.84 bits per heavy atom. The molecule has 7 heteroatoms. The number of methoxy groups -OCH3 is 2. The molecular weight excluding hydrogens is 404 g/mol. The molecule has 5 nitrogen and oxygen atoms in total. The standard InChI is InChI=1S/C18H15BrN2O3S/c1-23-15-5-3-4-11(16(15)24-2)10-14-17(22)21(18(25)20-14)13-8-6-12(19)7-9-13/h3-10H,1-2H3,(H,20,25)/b14-10-. The van der Waals surface area contributed by atoms with E-state index in [1.54, 1.807) is 26.4 Å². The van der Waals surface area contributed by atoms with Crippen LogP contribution in [0.2, 0.25) is 0 Å². The number of amides is 1. The first kappa shape index (κ1) is 17.4. The maximum absolute atomic E-state index is 12.8. The van der Waals surface area contributed by atoms with Gasteiger partial charge in [0.2, 0.25) is 0 Å². The fourth-order valence-corrected chi connectivity index (χ4v) is 3.10. The Hall–Kier alpha value is -2.38. The average Bonchev–Trinajstić information content (AvgIpc) is 2.89. The molecule has 1 N–H and O–H groups in total. The first-order valence-corrected chi connectivity index (χ1v) is 8.59. The molecule has 0 unspecified atom stereocenters. The zero-order chi connectivity index (χ0) is 18.0. The molecule has 0 spiro atoms. The van der Waals surface area contributed by atoms with Crippen LogP contribution in [0.5, 0.6) is 11.5 Å². The second-order valence-corrected chi connectivity index (χ2v) is 6.49. The summed E-state index contributed by atoms with van der Waals surface area (Å²) < 4.78 is 11.6. The van der Waals surface area contributed by atoms with E-state index in [9.17, 15) is 4.79 Å². The Labute approximate surface area is 159 Å². The van der Waals surface area contributed by atoms with E-state index in [1.165, 1.54) is 4.90 Å². The Kier molecular flexibility index (Phi) is 5.06. The van der Waals surface area contributed by atoms with Crippen LogP contribution in [0.15, 0.2) is 52.6 Å². The number of benzene rings is 2. The van der Waals surface area contributed by atoms with Gasteiger partial charge in [-0.05, 0) is 48.6 Å². The molecule has 3 rings (SSSR count). The van der Waals surface area contributed by atoms with Gasteiger partial charge in [0.1, 0.15) is 5.70 Å². The summed E-state index contributed by atoms with van der Waals surface area (Å²) in [7, 11) is 3.13. The summed E-state index contributed by atoms with van der Waals surface area (Å²) in [6.07, 6.45) is 1.70. The van der Waals surface area contributed by atoms with Gasteiger partial charge >= 0.3 is 0 Å². The van der Waals surface area contributed by atoms with E-state index in [0.717, 1.165) is 10.0 Å². The third-order valence-electron chi connectivity index (χ3n) is 3.70. The van der Waals surface area contributed by atoms with Crippen molar-refractivity contribution in [1.82, 2.24) is 5.32 Å². The van der Waals surface area contributed by atoms with Gasteiger partial charge in [0, 0.05) is 10.0 Å². The zero-order valence-corrected chi connectivity index (χ0v) is 16.0. The minimum absolute atomic E-state index is 0.225. The van der Waals surface area contributed by atoms with Crippen LogP contribution in [-0.4, -0.2) is 25.2 Å². The number of anilines is 1. The molecule has 128 valence electrons. The summed E-state index contributed by atoms with van der Waals surface area (Å²) in [6, 6.07) is 12.8. The van der Waals surface area contributed by atoms with Crippen molar-refractivity contribution in [3.8, 4) is 11.5 Å². The summed E-state index contributed by atoms with van der Waals surface area (Å²) >= 11 is 8.70. The molecule has 0 aliphatic carbocycles. The van der Waals surface area contributed by atoms with Crippen molar-refractivity contribution in [1.29, 1.82) is 0 Å². The van der Waals surface area contributed by atoms with E-state index >= 15 is 0 Å². The highest BCUT2D eigenvalue weighted by Gasteiger charge is 2.32. The number of ether oxygens (including phenoxy) is 2. The molecule has 0 radical (unpaired) electrons. The van der Waals surface area contributed by atoms with E-state index in [1.807, 2.05) is 36.4 Å². The molecule has 0 bridgehead atoms. The lowest BCUT2D eigenvalue weighted by atomic mass is 10.1. The van der Waals surface area contributed by atoms with Gasteiger partial charge in [0.15, 0.2) is 16.6 Å². The highest BCUT2D eigenvalue weighted by atomic mass is 79.9. The Bertz CT molecular complexity index is 865. The molecule has 1 aliphatic rings. The fraction of sp³-hybridized carbons (Fsp3) is 0.111. The summed E-state index contributed by atoms with van der Waals surface area (Å²) in [5, 5.41) is 3.30. The molecule has 1 fully saturated rings. The molecule has 1 heterocycles. The number of rotatable bonds is 4. The van der Waals surface area contributed by atoms with Gasteiger partial charge in [0.05, 0.1) is 19.9 Å². The van der Waals surface area contributed by atoms with E-state index in [-0.39, 0.29) is 5.91 Å². The topological polar surface area (TPSA) is 50.8 Å². The lowest BCUT2D eigenvalue weighted by molar-refractivity contribution is -0.113. The molecule has 0 saturated carbocycles. The van der Waals surface area contributed by atoms with Gasteiger partial charge in [-0.15, -0.1) is 0 Å². The van der Waals surface area contributed by atoms with Gasteiger partial charge < -0.3 is 14.8 Å². The molecule has 1 saturated heterocycles. The van der Waals surface area contributed by atoms with Crippen LogP contribution < -0.4 is 19.7 Å². The third kappa shape index (κ3) is 3.38. The number of hydrogen-bond acceptors (Lipinski definition) is 4. The molecular formula is C18H15BrN2O3S. The quantitative estimate of drug-likeness (QED) is 0.605. The van der Waals surface area contributed by atoms with Gasteiger partial charge in [-0.2, -0.15) is 0 Å². The predicted octanol–water partition coefficient (Wildman–Crippen LogP) is 3.73. The molecule has 2 aromatic carbocycles. The van der Waals surface area contributed by atoms with Gasteiger partial charge in [0.25, 0.3) is 5.91 Å². The molecule has 1 aliphatic heterocycles. The zero-order valence-electron chi connectivity index (χ0n) is 13.6. The number of nitrogens with one attached hydrogen (secondary N) is 1. The highest BCUT2D eigenvalue weighted by molar-refractivity contribution is 9.10.